The molecule has 2 heterocycles. The summed E-state index contributed by atoms with van der Waals surface area (Å²) in [4.78, 5) is 16.5. The maximum Gasteiger partial charge on any atom is 0.285 e. The number of nitrogens with zero attached hydrogens (tertiary/aromatic N) is 4. The standard InChI is InChI=1S/C10H11N5OS2/c1-5-4-17-10(11-5)7(3)12-14-9(16)8-6(2)13-15-18-8/h4H,1-3H3,(H,14,16)/b12-7+. The third-order valence-corrected chi connectivity index (χ3v) is 4.01. The third-order valence-electron chi connectivity index (χ3n) is 2.11. The van der Waals surface area contributed by atoms with Crippen molar-refractivity contribution in [2.45, 2.75) is 20.8 Å². The first kappa shape index (κ1) is 12.8. The van der Waals surface area contributed by atoms with Crippen molar-refractivity contribution in [1.29, 1.82) is 0 Å². The molecule has 1 amide bonds. The van der Waals surface area contributed by atoms with Gasteiger partial charge in [0.05, 0.1) is 11.4 Å². The van der Waals surface area contributed by atoms with E-state index in [9.17, 15) is 4.79 Å². The van der Waals surface area contributed by atoms with Gasteiger partial charge in [0, 0.05) is 11.1 Å². The number of aryl methyl sites for hydroxylation is 2. The molecule has 0 saturated carbocycles. The van der Waals surface area contributed by atoms with Crippen LogP contribution >= 0.6 is 22.9 Å². The lowest BCUT2D eigenvalue weighted by molar-refractivity contribution is 0.0958. The van der Waals surface area contributed by atoms with Crippen LogP contribution in [-0.2, 0) is 0 Å². The molecule has 0 aliphatic carbocycles. The van der Waals surface area contributed by atoms with Gasteiger partial charge >= 0.3 is 0 Å². The summed E-state index contributed by atoms with van der Waals surface area (Å²) in [6.45, 7) is 5.45. The second kappa shape index (κ2) is 5.32. The van der Waals surface area contributed by atoms with Crippen molar-refractivity contribution in [3.63, 3.8) is 0 Å². The van der Waals surface area contributed by atoms with Gasteiger partial charge in [0.25, 0.3) is 5.91 Å². The van der Waals surface area contributed by atoms with Gasteiger partial charge in [-0.2, -0.15) is 5.10 Å². The Kier molecular flexibility index (Phi) is 3.78. The van der Waals surface area contributed by atoms with Gasteiger partial charge in [0.2, 0.25) is 0 Å². The first-order valence-corrected chi connectivity index (χ1v) is 6.79. The minimum absolute atomic E-state index is 0.296. The van der Waals surface area contributed by atoms with Crippen molar-refractivity contribution in [3.05, 3.63) is 26.7 Å². The van der Waals surface area contributed by atoms with Crippen LogP contribution in [0.25, 0.3) is 0 Å². The van der Waals surface area contributed by atoms with E-state index < -0.39 is 0 Å². The molecule has 6 nitrogen and oxygen atoms in total. The number of amides is 1. The van der Waals surface area contributed by atoms with Crippen molar-refractivity contribution in [2.75, 3.05) is 0 Å². The predicted molar refractivity (Wildman–Crippen MR) is 71.2 cm³/mol. The lowest BCUT2D eigenvalue weighted by atomic mass is 10.4. The highest BCUT2D eigenvalue weighted by molar-refractivity contribution is 7.11. The van der Waals surface area contributed by atoms with E-state index in [0.717, 1.165) is 22.2 Å². The van der Waals surface area contributed by atoms with Crippen LogP contribution in [0.2, 0.25) is 0 Å². The quantitative estimate of drug-likeness (QED) is 0.686. The Bertz CT molecular complexity index is 601. The number of carbonyl (C=O) groups is 1. The molecular formula is C10H11N5OS2. The van der Waals surface area contributed by atoms with Gasteiger partial charge in [-0.15, -0.1) is 16.4 Å². The first-order valence-electron chi connectivity index (χ1n) is 5.14. The molecule has 0 bridgehead atoms. The van der Waals surface area contributed by atoms with Gasteiger partial charge < -0.3 is 0 Å². The summed E-state index contributed by atoms with van der Waals surface area (Å²) < 4.78 is 3.70. The molecule has 1 N–H and O–H groups in total. The zero-order valence-corrected chi connectivity index (χ0v) is 11.7. The maximum atomic E-state index is 11.8. The van der Waals surface area contributed by atoms with E-state index in [0.29, 0.717) is 16.3 Å². The molecule has 0 aromatic carbocycles. The Labute approximate surface area is 112 Å². The number of hydrazone groups is 1. The largest absolute Gasteiger partial charge is 0.285 e. The SMILES string of the molecule is C/C(=N\NC(=O)c1snnc1C)c1nc(C)cs1. The molecule has 0 atom stereocenters. The van der Waals surface area contributed by atoms with Gasteiger partial charge in [0.1, 0.15) is 9.88 Å². The monoisotopic (exact) mass is 281 g/mol. The van der Waals surface area contributed by atoms with Gasteiger partial charge in [-0.25, -0.2) is 10.4 Å². The van der Waals surface area contributed by atoms with Crippen molar-refractivity contribution in [2.24, 2.45) is 5.10 Å². The van der Waals surface area contributed by atoms with E-state index in [1.165, 1.54) is 11.3 Å². The fourth-order valence-corrected chi connectivity index (χ4v) is 2.49. The van der Waals surface area contributed by atoms with Crippen LogP contribution in [0, 0.1) is 13.8 Å². The highest BCUT2D eigenvalue weighted by atomic mass is 32.1. The molecule has 18 heavy (non-hydrogen) atoms. The predicted octanol–water partition coefficient (Wildman–Crippen LogP) is 1.77. The average molecular weight is 281 g/mol. The Morgan fingerprint density at radius 1 is 1.44 bits per heavy atom. The smallest absolute Gasteiger partial charge is 0.266 e. The average Bonchev–Trinajstić information content (AvgIpc) is 2.94. The normalized spacial score (nSPS) is 11.6. The van der Waals surface area contributed by atoms with E-state index >= 15 is 0 Å². The number of carbonyl (C=O) groups excluding carboxylic acids is 1. The highest BCUT2D eigenvalue weighted by Gasteiger charge is 2.12. The molecule has 0 aliphatic heterocycles. The minimum Gasteiger partial charge on any atom is -0.266 e. The van der Waals surface area contributed by atoms with E-state index in [1.807, 2.05) is 12.3 Å². The molecule has 0 spiro atoms. The molecule has 0 unspecified atom stereocenters. The molecule has 0 saturated heterocycles. The molecular weight excluding hydrogens is 270 g/mol. The van der Waals surface area contributed by atoms with Gasteiger partial charge in [-0.05, 0) is 32.3 Å². The van der Waals surface area contributed by atoms with Crippen molar-refractivity contribution in [1.82, 2.24) is 20.0 Å². The summed E-state index contributed by atoms with van der Waals surface area (Å²) in [7, 11) is 0. The molecule has 0 aliphatic rings. The van der Waals surface area contributed by atoms with E-state index in [2.05, 4.69) is 25.1 Å². The van der Waals surface area contributed by atoms with Crippen LogP contribution in [0.3, 0.4) is 0 Å². The van der Waals surface area contributed by atoms with Gasteiger partial charge in [0.15, 0.2) is 0 Å². The van der Waals surface area contributed by atoms with Crippen LogP contribution in [0.15, 0.2) is 10.5 Å². The fraction of sp³-hybridized carbons (Fsp3) is 0.300. The number of rotatable bonds is 3. The van der Waals surface area contributed by atoms with E-state index in [4.69, 9.17) is 0 Å². The number of nitrogens with one attached hydrogen (secondary N) is 1. The van der Waals surface area contributed by atoms with Gasteiger partial charge in [-0.1, -0.05) is 4.49 Å². The molecule has 2 aromatic rings. The zero-order valence-electron chi connectivity index (χ0n) is 10.1. The highest BCUT2D eigenvalue weighted by Crippen LogP contribution is 2.10. The summed E-state index contributed by atoms with van der Waals surface area (Å²) in [5.74, 6) is -0.296. The molecule has 0 radical (unpaired) electrons. The van der Waals surface area contributed by atoms with E-state index in [-0.39, 0.29) is 5.91 Å². The molecule has 94 valence electrons. The summed E-state index contributed by atoms with van der Waals surface area (Å²) >= 11 is 2.55. The summed E-state index contributed by atoms with van der Waals surface area (Å²) in [5, 5.41) is 10.5. The lowest BCUT2D eigenvalue weighted by Gasteiger charge is -1.98. The fourth-order valence-electron chi connectivity index (χ4n) is 1.19. The zero-order chi connectivity index (χ0) is 13.1. The van der Waals surface area contributed by atoms with Crippen molar-refractivity contribution in [3.8, 4) is 0 Å². The summed E-state index contributed by atoms with van der Waals surface area (Å²) in [5.41, 5.74) is 4.71. The van der Waals surface area contributed by atoms with Crippen LogP contribution in [-0.4, -0.2) is 26.2 Å². The third kappa shape index (κ3) is 2.77. The van der Waals surface area contributed by atoms with Crippen molar-refractivity contribution < 1.29 is 4.79 Å². The van der Waals surface area contributed by atoms with Crippen molar-refractivity contribution >= 4 is 34.5 Å². The second-order valence-electron chi connectivity index (χ2n) is 3.62. The summed E-state index contributed by atoms with van der Waals surface area (Å²) in [6.07, 6.45) is 0. The number of thiazole rings is 1. The topological polar surface area (TPSA) is 80.1 Å². The molecule has 0 fully saturated rings. The first-order chi connectivity index (χ1) is 8.58. The minimum atomic E-state index is -0.296. The number of hydrogen-bond donors (Lipinski definition) is 1. The van der Waals surface area contributed by atoms with Crippen LogP contribution in [0.4, 0.5) is 0 Å². The van der Waals surface area contributed by atoms with Crippen LogP contribution < -0.4 is 5.43 Å². The van der Waals surface area contributed by atoms with Crippen LogP contribution in [0.5, 0.6) is 0 Å². The Hall–Kier alpha value is -1.67. The Morgan fingerprint density at radius 2 is 2.22 bits per heavy atom. The Balaban J connectivity index is 2.07. The lowest BCUT2D eigenvalue weighted by Crippen LogP contribution is -2.19. The number of aromatic nitrogens is 3. The number of hydrogen-bond acceptors (Lipinski definition) is 7. The molecule has 2 rings (SSSR count). The van der Waals surface area contributed by atoms with Gasteiger partial charge in [-0.3, -0.25) is 4.79 Å². The Morgan fingerprint density at radius 3 is 2.78 bits per heavy atom. The molecule has 8 heteroatoms. The van der Waals surface area contributed by atoms with Crippen LogP contribution in [0.1, 0.15) is 33.0 Å². The molecule has 2 aromatic heterocycles. The van der Waals surface area contributed by atoms with E-state index in [1.54, 1.807) is 13.8 Å². The second-order valence-corrected chi connectivity index (χ2v) is 5.23. The summed E-state index contributed by atoms with van der Waals surface area (Å²) in [6, 6.07) is 0. The maximum absolute atomic E-state index is 11.8.